The van der Waals surface area contributed by atoms with Gasteiger partial charge in [0.1, 0.15) is 10.6 Å². The van der Waals surface area contributed by atoms with E-state index in [-0.39, 0.29) is 0 Å². The number of fused-ring (bicyclic) bond motifs is 1. The fraction of sp³-hybridized carbons (Fsp3) is 0.375. The second-order valence-corrected chi connectivity index (χ2v) is 3.44. The predicted molar refractivity (Wildman–Crippen MR) is 43.5 cm³/mol. The Balaban J connectivity index is 2.45. The van der Waals surface area contributed by atoms with Gasteiger partial charge < -0.3 is 4.74 Å². The van der Waals surface area contributed by atoms with Crippen LogP contribution in [0.5, 0.6) is 5.75 Å². The van der Waals surface area contributed by atoms with Gasteiger partial charge in [0.05, 0.1) is 6.61 Å². The lowest BCUT2D eigenvalue weighted by Gasteiger charge is -2.12. The summed E-state index contributed by atoms with van der Waals surface area (Å²) in [5.41, 5.74) is 1.20. The Morgan fingerprint density at radius 1 is 1.64 bits per heavy atom. The Bertz CT molecular complexity index is 278. The van der Waals surface area contributed by atoms with Crippen LogP contribution in [0.2, 0.25) is 0 Å². The van der Waals surface area contributed by atoms with E-state index in [1.165, 1.54) is 16.9 Å². The third-order valence-corrected chi connectivity index (χ3v) is 2.73. The van der Waals surface area contributed by atoms with E-state index >= 15 is 0 Å². The van der Waals surface area contributed by atoms with E-state index in [0.29, 0.717) is 0 Å². The van der Waals surface area contributed by atoms with E-state index in [4.69, 9.17) is 4.74 Å². The van der Waals surface area contributed by atoms with E-state index < -0.39 is 0 Å². The van der Waals surface area contributed by atoms with E-state index in [9.17, 15) is 4.79 Å². The second-order valence-electron chi connectivity index (χ2n) is 2.52. The van der Waals surface area contributed by atoms with Gasteiger partial charge in [-0.15, -0.1) is 11.3 Å². The first-order valence-corrected chi connectivity index (χ1v) is 4.48. The van der Waals surface area contributed by atoms with Crippen molar-refractivity contribution in [1.82, 2.24) is 0 Å². The van der Waals surface area contributed by atoms with Crippen molar-refractivity contribution in [3.05, 3.63) is 15.8 Å². The highest BCUT2D eigenvalue weighted by Gasteiger charge is 2.15. The fourth-order valence-corrected chi connectivity index (χ4v) is 2.10. The highest BCUT2D eigenvalue weighted by Crippen LogP contribution is 2.32. The van der Waals surface area contributed by atoms with Crippen molar-refractivity contribution >= 4 is 17.6 Å². The molecule has 0 unspecified atom stereocenters. The average Bonchev–Trinajstić information content (AvgIpc) is 2.47. The largest absolute Gasteiger partial charge is 0.492 e. The first-order chi connectivity index (χ1) is 5.42. The van der Waals surface area contributed by atoms with E-state index in [1.54, 1.807) is 0 Å². The zero-order valence-corrected chi connectivity index (χ0v) is 6.82. The zero-order chi connectivity index (χ0) is 7.68. The smallest absolute Gasteiger partial charge is 0.163 e. The zero-order valence-electron chi connectivity index (χ0n) is 6.00. The molecule has 0 saturated heterocycles. The van der Waals surface area contributed by atoms with Crippen molar-refractivity contribution in [2.75, 3.05) is 6.61 Å². The maximum absolute atomic E-state index is 10.5. The van der Waals surface area contributed by atoms with Gasteiger partial charge in [0.25, 0.3) is 0 Å². The molecule has 0 radical (unpaired) electrons. The first-order valence-electron chi connectivity index (χ1n) is 3.60. The summed E-state index contributed by atoms with van der Waals surface area (Å²) >= 11 is 1.47. The van der Waals surface area contributed by atoms with Crippen molar-refractivity contribution < 1.29 is 9.53 Å². The van der Waals surface area contributed by atoms with Gasteiger partial charge in [-0.2, -0.15) is 0 Å². The topological polar surface area (TPSA) is 26.3 Å². The van der Waals surface area contributed by atoms with Crippen LogP contribution in [0.1, 0.15) is 21.7 Å². The molecule has 2 rings (SSSR count). The summed E-state index contributed by atoms with van der Waals surface area (Å²) in [5.74, 6) is 0.830. The Morgan fingerprint density at radius 2 is 2.55 bits per heavy atom. The third-order valence-electron chi connectivity index (χ3n) is 1.79. The van der Waals surface area contributed by atoms with Gasteiger partial charge in [-0.05, 0) is 18.2 Å². The van der Waals surface area contributed by atoms with Gasteiger partial charge >= 0.3 is 0 Å². The molecular weight excluding hydrogens is 160 g/mol. The number of hydrogen-bond acceptors (Lipinski definition) is 3. The molecule has 1 aliphatic heterocycles. The maximum atomic E-state index is 10.5. The Labute approximate surface area is 68.8 Å². The van der Waals surface area contributed by atoms with Crippen LogP contribution < -0.4 is 4.74 Å². The Hall–Kier alpha value is -0.830. The number of ether oxygens (including phenoxy) is 1. The summed E-state index contributed by atoms with van der Waals surface area (Å²) in [6.07, 6.45) is 3.00. The molecule has 1 aliphatic rings. The standard InChI is InChI=1S/C8H8O2S/c9-4-7-8-6(5-11-7)2-1-3-10-8/h4-5H,1-3H2. The van der Waals surface area contributed by atoms with E-state index in [0.717, 1.165) is 36.4 Å². The third kappa shape index (κ3) is 1.05. The predicted octanol–water partition coefficient (Wildman–Crippen LogP) is 1.89. The molecule has 0 aromatic carbocycles. The number of aldehydes is 1. The molecule has 0 spiro atoms. The molecule has 3 heteroatoms. The van der Waals surface area contributed by atoms with Gasteiger partial charge in [-0.3, -0.25) is 4.79 Å². The Morgan fingerprint density at radius 3 is 3.36 bits per heavy atom. The van der Waals surface area contributed by atoms with Crippen molar-refractivity contribution in [2.45, 2.75) is 12.8 Å². The quantitative estimate of drug-likeness (QED) is 0.598. The molecule has 0 amide bonds. The van der Waals surface area contributed by atoms with Gasteiger partial charge in [-0.25, -0.2) is 0 Å². The summed E-state index contributed by atoms with van der Waals surface area (Å²) in [5, 5.41) is 2.01. The van der Waals surface area contributed by atoms with Crippen LogP contribution >= 0.6 is 11.3 Å². The number of carbonyl (C=O) groups excluding carboxylic acids is 1. The summed E-state index contributed by atoms with van der Waals surface area (Å²) in [6.45, 7) is 0.755. The van der Waals surface area contributed by atoms with Crippen LogP contribution in [0.15, 0.2) is 5.38 Å². The molecule has 1 aromatic rings. The first kappa shape index (κ1) is 6.85. The number of thiophene rings is 1. The molecule has 58 valence electrons. The van der Waals surface area contributed by atoms with Gasteiger partial charge in [0.2, 0.25) is 0 Å². The van der Waals surface area contributed by atoms with Crippen LogP contribution in [-0.4, -0.2) is 12.9 Å². The molecule has 1 aromatic heterocycles. The molecule has 0 N–H and O–H groups in total. The van der Waals surface area contributed by atoms with Crippen molar-refractivity contribution in [3.63, 3.8) is 0 Å². The summed E-state index contributed by atoms with van der Waals surface area (Å²) < 4.78 is 5.36. The maximum Gasteiger partial charge on any atom is 0.163 e. The molecule has 0 saturated carbocycles. The van der Waals surface area contributed by atoms with Crippen LogP contribution in [0.3, 0.4) is 0 Å². The summed E-state index contributed by atoms with van der Waals surface area (Å²) in [6, 6.07) is 0. The minimum Gasteiger partial charge on any atom is -0.492 e. The summed E-state index contributed by atoms with van der Waals surface area (Å²) in [4.78, 5) is 11.2. The van der Waals surface area contributed by atoms with Gasteiger partial charge in [0, 0.05) is 5.56 Å². The lowest BCUT2D eigenvalue weighted by molar-refractivity contribution is 0.112. The minimum absolute atomic E-state index is 0.736. The Kier molecular flexibility index (Phi) is 1.66. The molecule has 0 bridgehead atoms. The highest BCUT2D eigenvalue weighted by molar-refractivity contribution is 7.12. The molecule has 2 nitrogen and oxygen atoms in total. The van der Waals surface area contributed by atoms with Crippen LogP contribution in [0.4, 0.5) is 0 Å². The molecule has 2 heterocycles. The number of aryl methyl sites for hydroxylation is 1. The van der Waals surface area contributed by atoms with Crippen molar-refractivity contribution in [3.8, 4) is 5.75 Å². The van der Waals surface area contributed by atoms with E-state index in [2.05, 4.69) is 0 Å². The van der Waals surface area contributed by atoms with Crippen LogP contribution in [0.25, 0.3) is 0 Å². The van der Waals surface area contributed by atoms with Crippen LogP contribution in [-0.2, 0) is 6.42 Å². The molecule has 0 atom stereocenters. The number of hydrogen-bond donors (Lipinski definition) is 0. The molecule has 11 heavy (non-hydrogen) atoms. The van der Waals surface area contributed by atoms with Crippen molar-refractivity contribution in [2.24, 2.45) is 0 Å². The number of rotatable bonds is 1. The lowest BCUT2D eigenvalue weighted by atomic mass is 10.1. The highest BCUT2D eigenvalue weighted by atomic mass is 32.1. The van der Waals surface area contributed by atoms with Gasteiger partial charge in [0.15, 0.2) is 6.29 Å². The second kappa shape index (κ2) is 2.66. The monoisotopic (exact) mass is 168 g/mol. The van der Waals surface area contributed by atoms with Crippen molar-refractivity contribution in [1.29, 1.82) is 0 Å². The minimum atomic E-state index is 0.736. The summed E-state index contributed by atoms with van der Waals surface area (Å²) in [7, 11) is 0. The normalized spacial score (nSPS) is 15.3. The molecule has 0 aliphatic carbocycles. The van der Waals surface area contributed by atoms with E-state index in [1.807, 2.05) is 5.38 Å². The lowest BCUT2D eigenvalue weighted by Crippen LogP contribution is -2.07. The SMILES string of the molecule is O=Cc1scc2c1OCCC2. The molecular formula is C8H8O2S. The van der Waals surface area contributed by atoms with Gasteiger partial charge in [-0.1, -0.05) is 0 Å². The molecule has 0 fully saturated rings. The average molecular weight is 168 g/mol. The number of carbonyl (C=O) groups is 1. The van der Waals surface area contributed by atoms with Crippen LogP contribution in [0, 0.1) is 0 Å². The fourth-order valence-electron chi connectivity index (χ4n) is 1.25.